The molecule has 1 heterocycles. The molecule has 1 aromatic rings. The van der Waals surface area contributed by atoms with E-state index in [1.54, 1.807) is 26.0 Å². The number of hydrogen-bond acceptors (Lipinski definition) is 5. The number of ether oxygens (including phenoxy) is 2. The van der Waals surface area contributed by atoms with Crippen LogP contribution < -0.4 is 4.74 Å². The predicted molar refractivity (Wildman–Crippen MR) is 90.0 cm³/mol. The van der Waals surface area contributed by atoms with E-state index in [1.807, 2.05) is 0 Å². The van der Waals surface area contributed by atoms with Gasteiger partial charge in [-0.1, -0.05) is 11.6 Å². The molecule has 1 aliphatic heterocycles. The Labute approximate surface area is 147 Å². The lowest BCUT2D eigenvalue weighted by atomic mass is 10.3. The minimum absolute atomic E-state index is 0.0430. The molecular weight excluding hydrogens is 356 g/mol. The summed E-state index contributed by atoms with van der Waals surface area (Å²) >= 11 is 5.95. The normalized spacial score (nSPS) is 16.0. The highest BCUT2D eigenvalue weighted by molar-refractivity contribution is 7.89. The van der Waals surface area contributed by atoms with Crippen LogP contribution in [-0.2, 0) is 14.8 Å². The van der Waals surface area contributed by atoms with Gasteiger partial charge in [0, 0.05) is 31.2 Å². The third kappa shape index (κ3) is 4.12. The number of halogens is 1. The maximum atomic E-state index is 12.9. The molecule has 1 saturated heterocycles. The van der Waals surface area contributed by atoms with Gasteiger partial charge in [-0.3, -0.25) is 0 Å². The van der Waals surface area contributed by atoms with Crippen molar-refractivity contribution in [1.82, 2.24) is 9.21 Å². The maximum absolute atomic E-state index is 12.9. The first-order chi connectivity index (χ1) is 11.4. The maximum Gasteiger partial charge on any atom is 0.409 e. The highest BCUT2D eigenvalue weighted by Crippen LogP contribution is 2.30. The van der Waals surface area contributed by atoms with Crippen LogP contribution >= 0.6 is 11.6 Å². The number of benzene rings is 1. The van der Waals surface area contributed by atoms with Crippen molar-refractivity contribution in [3.05, 3.63) is 23.2 Å². The topological polar surface area (TPSA) is 76.2 Å². The zero-order chi connectivity index (χ0) is 17.7. The van der Waals surface area contributed by atoms with Crippen molar-refractivity contribution >= 4 is 27.7 Å². The summed E-state index contributed by atoms with van der Waals surface area (Å²) in [5.74, 6) is 0.273. The first-order valence-corrected chi connectivity index (χ1v) is 9.56. The van der Waals surface area contributed by atoms with Crippen LogP contribution in [0.4, 0.5) is 4.79 Å². The van der Waals surface area contributed by atoms with Crippen LogP contribution in [0.1, 0.15) is 13.8 Å². The van der Waals surface area contributed by atoms with E-state index >= 15 is 0 Å². The minimum atomic E-state index is -3.75. The molecule has 1 aromatic carbocycles. The Morgan fingerprint density at radius 2 is 1.83 bits per heavy atom. The summed E-state index contributed by atoms with van der Waals surface area (Å²) in [6, 6.07) is 4.53. The molecule has 0 N–H and O–H groups in total. The molecule has 1 fully saturated rings. The molecule has 24 heavy (non-hydrogen) atoms. The molecular formula is C15H21ClN2O5S. The molecule has 0 radical (unpaired) electrons. The molecule has 0 aliphatic carbocycles. The molecule has 1 aliphatic rings. The van der Waals surface area contributed by atoms with Crippen molar-refractivity contribution in [3.63, 3.8) is 0 Å². The molecule has 0 aromatic heterocycles. The van der Waals surface area contributed by atoms with Crippen LogP contribution in [0.2, 0.25) is 5.02 Å². The Balaban J connectivity index is 2.18. The van der Waals surface area contributed by atoms with Gasteiger partial charge in [0.2, 0.25) is 10.0 Å². The molecule has 9 heteroatoms. The molecule has 2 rings (SSSR count). The number of rotatable bonds is 5. The first kappa shape index (κ1) is 18.8. The number of hydrogen-bond donors (Lipinski definition) is 0. The second-order valence-corrected chi connectivity index (χ2v) is 7.46. The Bertz CT molecular complexity index is 687. The van der Waals surface area contributed by atoms with E-state index in [-0.39, 0.29) is 43.4 Å². The molecule has 0 saturated carbocycles. The largest absolute Gasteiger partial charge is 0.492 e. The molecule has 0 atom stereocenters. The van der Waals surface area contributed by atoms with Gasteiger partial charge in [0.15, 0.2) is 0 Å². The van der Waals surface area contributed by atoms with Crippen LogP contribution in [0.5, 0.6) is 5.75 Å². The van der Waals surface area contributed by atoms with Gasteiger partial charge in [-0.25, -0.2) is 13.2 Å². The Morgan fingerprint density at radius 3 is 2.42 bits per heavy atom. The monoisotopic (exact) mass is 376 g/mol. The highest BCUT2D eigenvalue weighted by Gasteiger charge is 2.32. The average Bonchev–Trinajstić information content (AvgIpc) is 2.57. The van der Waals surface area contributed by atoms with Crippen LogP contribution in [-0.4, -0.2) is 63.1 Å². The first-order valence-electron chi connectivity index (χ1n) is 7.74. The second kappa shape index (κ2) is 8.04. The summed E-state index contributed by atoms with van der Waals surface area (Å²) in [7, 11) is -3.75. The molecule has 134 valence electrons. The van der Waals surface area contributed by atoms with Gasteiger partial charge in [0.1, 0.15) is 10.6 Å². The summed E-state index contributed by atoms with van der Waals surface area (Å²) in [5, 5.41) is 0.321. The summed E-state index contributed by atoms with van der Waals surface area (Å²) in [6.45, 7) is 5.10. The van der Waals surface area contributed by atoms with Crippen molar-refractivity contribution < 1.29 is 22.7 Å². The predicted octanol–water partition coefficient (Wildman–Crippen LogP) is 2.20. The summed E-state index contributed by atoms with van der Waals surface area (Å²) in [5.41, 5.74) is 0. The quantitative estimate of drug-likeness (QED) is 0.787. The number of carbonyl (C=O) groups is 1. The summed E-state index contributed by atoms with van der Waals surface area (Å²) < 4.78 is 37.5. The third-order valence-corrected chi connectivity index (χ3v) is 5.74. The van der Waals surface area contributed by atoms with Crippen molar-refractivity contribution in [3.8, 4) is 5.75 Å². The van der Waals surface area contributed by atoms with Gasteiger partial charge < -0.3 is 14.4 Å². The average molecular weight is 377 g/mol. The minimum Gasteiger partial charge on any atom is -0.492 e. The lowest BCUT2D eigenvalue weighted by Gasteiger charge is -2.33. The fourth-order valence-electron chi connectivity index (χ4n) is 2.42. The van der Waals surface area contributed by atoms with Crippen LogP contribution in [0.3, 0.4) is 0 Å². The van der Waals surface area contributed by atoms with Gasteiger partial charge in [0.05, 0.1) is 13.2 Å². The number of piperazine rings is 1. The number of carbonyl (C=O) groups excluding carboxylic acids is 1. The summed E-state index contributed by atoms with van der Waals surface area (Å²) in [6.07, 6.45) is -0.424. The van der Waals surface area contributed by atoms with Gasteiger partial charge >= 0.3 is 6.09 Å². The summed E-state index contributed by atoms with van der Waals surface area (Å²) in [4.78, 5) is 13.2. The SMILES string of the molecule is CCOC(=O)N1CCN(S(=O)(=O)c2cc(Cl)ccc2OCC)CC1. The standard InChI is InChI=1S/C15H21ClN2O5S/c1-3-22-13-6-5-12(16)11-14(13)24(20,21)18-9-7-17(8-10-18)15(19)23-4-2/h5-6,11H,3-4,7-10H2,1-2H3. The van der Waals surface area contributed by atoms with E-state index in [0.29, 0.717) is 11.6 Å². The Hall–Kier alpha value is -1.51. The zero-order valence-corrected chi connectivity index (χ0v) is 15.3. The van der Waals surface area contributed by atoms with Crippen molar-refractivity contribution in [1.29, 1.82) is 0 Å². The fraction of sp³-hybridized carbons (Fsp3) is 0.533. The number of amides is 1. The van der Waals surface area contributed by atoms with Gasteiger partial charge in [0.25, 0.3) is 0 Å². The Morgan fingerprint density at radius 1 is 1.17 bits per heavy atom. The number of sulfonamides is 1. The van der Waals surface area contributed by atoms with E-state index in [9.17, 15) is 13.2 Å². The van der Waals surface area contributed by atoms with Crippen molar-refractivity contribution in [2.45, 2.75) is 18.7 Å². The van der Waals surface area contributed by atoms with E-state index < -0.39 is 16.1 Å². The van der Waals surface area contributed by atoms with E-state index in [2.05, 4.69) is 0 Å². The molecule has 0 unspecified atom stereocenters. The van der Waals surface area contributed by atoms with Crippen LogP contribution in [0, 0.1) is 0 Å². The van der Waals surface area contributed by atoms with Gasteiger partial charge in [-0.15, -0.1) is 0 Å². The highest BCUT2D eigenvalue weighted by atomic mass is 35.5. The van der Waals surface area contributed by atoms with Gasteiger partial charge in [-0.2, -0.15) is 4.31 Å². The molecule has 0 bridgehead atoms. The number of nitrogens with zero attached hydrogens (tertiary/aromatic N) is 2. The van der Waals surface area contributed by atoms with E-state index in [4.69, 9.17) is 21.1 Å². The molecule has 1 amide bonds. The Kier molecular flexibility index (Phi) is 6.31. The van der Waals surface area contributed by atoms with E-state index in [1.165, 1.54) is 15.3 Å². The lowest BCUT2D eigenvalue weighted by Crippen LogP contribution is -2.50. The second-order valence-electron chi connectivity index (χ2n) is 5.11. The van der Waals surface area contributed by atoms with E-state index in [0.717, 1.165) is 0 Å². The van der Waals surface area contributed by atoms with Crippen LogP contribution in [0.25, 0.3) is 0 Å². The zero-order valence-electron chi connectivity index (χ0n) is 13.7. The molecule has 0 spiro atoms. The smallest absolute Gasteiger partial charge is 0.409 e. The van der Waals surface area contributed by atoms with Gasteiger partial charge in [-0.05, 0) is 32.0 Å². The lowest BCUT2D eigenvalue weighted by molar-refractivity contribution is 0.0933. The van der Waals surface area contributed by atoms with Crippen LogP contribution in [0.15, 0.2) is 23.1 Å². The fourth-order valence-corrected chi connectivity index (χ4v) is 4.24. The van der Waals surface area contributed by atoms with Crippen molar-refractivity contribution in [2.75, 3.05) is 39.4 Å². The third-order valence-electron chi connectivity index (χ3n) is 3.59. The van der Waals surface area contributed by atoms with Crippen molar-refractivity contribution in [2.24, 2.45) is 0 Å². The molecule has 7 nitrogen and oxygen atoms in total.